The molecule has 1 rings (SSSR count). The van der Waals surface area contributed by atoms with Crippen molar-refractivity contribution in [2.24, 2.45) is 0 Å². The maximum atomic E-state index is 11.5. The summed E-state index contributed by atoms with van der Waals surface area (Å²) in [5.74, 6) is -0.948. The minimum absolute atomic E-state index is 0.0135. The van der Waals surface area contributed by atoms with Crippen molar-refractivity contribution >= 4 is 25.3 Å². The Labute approximate surface area is 129 Å². The topological polar surface area (TPSA) is 89.9 Å². The van der Waals surface area contributed by atoms with Gasteiger partial charge in [0.1, 0.15) is 13.2 Å². The predicted molar refractivity (Wildman–Crippen MR) is 81.0 cm³/mol. The summed E-state index contributed by atoms with van der Waals surface area (Å²) >= 11 is 0. The molecule has 0 aliphatic heterocycles. The quantitative estimate of drug-likeness (QED) is 0.338. The summed E-state index contributed by atoms with van der Waals surface area (Å²) in [4.78, 5) is 31.6. The van der Waals surface area contributed by atoms with Gasteiger partial charge >= 0.3 is 20.0 Å². The van der Waals surface area contributed by atoms with E-state index in [1.807, 2.05) is 0 Å². The Morgan fingerprint density at radius 3 is 2.59 bits per heavy atom. The van der Waals surface area contributed by atoms with Crippen molar-refractivity contribution in [1.29, 1.82) is 0 Å². The van der Waals surface area contributed by atoms with Crippen LogP contribution < -0.4 is 5.30 Å². The number of rotatable bonds is 8. The van der Waals surface area contributed by atoms with Gasteiger partial charge in [0.05, 0.1) is 0 Å². The lowest BCUT2D eigenvalue weighted by Crippen LogP contribution is -2.14. The number of hydrogen-bond acceptors (Lipinski definition) is 5. The molecule has 1 unspecified atom stereocenters. The molecule has 6 nitrogen and oxygen atoms in total. The molecule has 1 atom stereocenters. The Bertz CT molecular complexity index is 581. The van der Waals surface area contributed by atoms with Gasteiger partial charge in [0.2, 0.25) is 5.30 Å². The molecule has 0 saturated heterocycles. The van der Waals surface area contributed by atoms with Gasteiger partial charge in [0.25, 0.3) is 0 Å². The highest BCUT2D eigenvalue weighted by atomic mass is 31.1. The van der Waals surface area contributed by atoms with Gasteiger partial charge in [-0.05, 0) is 35.6 Å². The summed E-state index contributed by atoms with van der Waals surface area (Å²) < 4.78 is 20.7. The van der Waals surface area contributed by atoms with Crippen molar-refractivity contribution in [3.63, 3.8) is 0 Å². The van der Waals surface area contributed by atoms with Crippen LogP contribution in [0.2, 0.25) is 0 Å². The first-order chi connectivity index (χ1) is 10.4. The molecule has 0 amide bonds. The highest BCUT2D eigenvalue weighted by molar-refractivity contribution is 7.47. The molecule has 1 aromatic rings. The maximum Gasteiger partial charge on any atom is 0.546 e. The molecule has 118 valence electrons. The SMILES string of the molecule is C=C(C)C(=O)OCCOC(=O)CCc1cccc([P+](=O)O)c1. The van der Waals surface area contributed by atoms with E-state index in [1.165, 1.54) is 6.92 Å². The summed E-state index contributed by atoms with van der Waals surface area (Å²) in [7, 11) is -2.38. The third-order valence-electron chi connectivity index (χ3n) is 2.68. The summed E-state index contributed by atoms with van der Waals surface area (Å²) in [6.07, 6.45) is 0.543. The lowest BCUT2D eigenvalue weighted by molar-refractivity contribution is -0.150. The Morgan fingerprint density at radius 2 is 1.95 bits per heavy atom. The lowest BCUT2D eigenvalue weighted by Gasteiger charge is -2.06. The molecule has 0 fully saturated rings. The number of carbonyl (C=O) groups is 2. The van der Waals surface area contributed by atoms with E-state index in [4.69, 9.17) is 14.4 Å². The zero-order valence-corrected chi connectivity index (χ0v) is 13.2. The molecular formula is C15H18O6P+. The van der Waals surface area contributed by atoms with Crippen molar-refractivity contribution in [3.8, 4) is 0 Å². The van der Waals surface area contributed by atoms with Crippen LogP contribution in [0.5, 0.6) is 0 Å². The zero-order chi connectivity index (χ0) is 16.5. The highest BCUT2D eigenvalue weighted by Gasteiger charge is 2.16. The number of aryl methyl sites for hydroxylation is 1. The van der Waals surface area contributed by atoms with E-state index in [9.17, 15) is 14.2 Å². The fourth-order valence-electron chi connectivity index (χ4n) is 1.56. The molecule has 1 aromatic carbocycles. The molecule has 0 aliphatic carbocycles. The predicted octanol–water partition coefficient (Wildman–Crippen LogP) is 1.64. The van der Waals surface area contributed by atoms with Crippen molar-refractivity contribution in [2.75, 3.05) is 13.2 Å². The minimum atomic E-state index is -2.38. The van der Waals surface area contributed by atoms with E-state index < -0.39 is 20.0 Å². The summed E-state index contributed by atoms with van der Waals surface area (Å²) in [5, 5.41) is 0.326. The fourth-order valence-corrected chi connectivity index (χ4v) is 2.05. The molecule has 0 radical (unpaired) electrons. The fraction of sp³-hybridized carbons (Fsp3) is 0.333. The van der Waals surface area contributed by atoms with Gasteiger partial charge in [-0.3, -0.25) is 4.79 Å². The van der Waals surface area contributed by atoms with Crippen molar-refractivity contribution in [2.45, 2.75) is 19.8 Å². The first kappa shape index (κ1) is 18.0. The molecule has 0 aromatic heterocycles. The largest absolute Gasteiger partial charge is 0.546 e. The second kappa shape index (κ2) is 9.07. The number of hydrogen-bond donors (Lipinski definition) is 1. The van der Waals surface area contributed by atoms with Crippen LogP contribution in [0, 0.1) is 0 Å². The average molecular weight is 325 g/mol. The van der Waals surface area contributed by atoms with Gasteiger partial charge in [-0.25, -0.2) is 4.79 Å². The second-order valence-electron chi connectivity index (χ2n) is 4.58. The molecule has 0 heterocycles. The van der Waals surface area contributed by atoms with Crippen LogP contribution in [-0.2, 0) is 30.0 Å². The van der Waals surface area contributed by atoms with Gasteiger partial charge in [-0.1, -0.05) is 18.7 Å². The van der Waals surface area contributed by atoms with Crippen LogP contribution in [-0.4, -0.2) is 30.0 Å². The highest BCUT2D eigenvalue weighted by Crippen LogP contribution is 2.14. The summed E-state index contributed by atoms with van der Waals surface area (Å²) in [5.41, 5.74) is 1.06. The van der Waals surface area contributed by atoms with Crippen molar-refractivity contribution in [1.82, 2.24) is 0 Å². The lowest BCUT2D eigenvalue weighted by atomic mass is 10.1. The number of esters is 2. The van der Waals surface area contributed by atoms with Gasteiger partial charge in [-0.15, -0.1) is 0 Å². The summed E-state index contributed by atoms with van der Waals surface area (Å²) in [6, 6.07) is 6.57. The van der Waals surface area contributed by atoms with Crippen molar-refractivity contribution < 1.29 is 28.5 Å². The zero-order valence-electron chi connectivity index (χ0n) is 12.3. The van der Waals surface area contributed by atoms with E-state index in [1.54, 1.807) is 24.3 Å². The van der Waals surface area contributed by atoms with Gasteiger partial charge < -0.3 is 9.47 Å². The van der Waals surface area contributed by atoms with Crippen molar-refractivity contribution in [3.05, 3.63) is 42.0 Å². The Hall–Kier alpha value is -2.04. The Morgan fingerprint density at radius 1 is 1.27 bits per heavy atom. The van der Waals surface area contributed by atoms with Crippen LogP contribution in [0.1, 0.15) is 18.9 Å². The maximum absolute atomic E-state index is 11.5. The second-order valence-corrected chi connectivity index (χ2v) is 5.64. The Balaban J connectivity index is 2.29. The van der Waals surface area contributed by atoms with Gasteiger partial charge in [0, 0.05) is 12.0 Å². The molecule has 0 spiro atoms. The van der Waals surface area contributed by atoms with Crippen LogP contribution in [0.3, 0.4) is 0 Å². The number of carbonyl (C=O) groups excluding carboxylic acids is 2. The normalized spacial score (nSPS) is 10.7. The first-order valence-electron chi connectivity index (χ1n) is 6.63. The molecule has 7 heteroatoms. The number of benzene rings is 1. The molecular weight excluding hydrogens is 307 g/mol. The standard InChI is InChI=1S/C15H17O6P/c1-11(2)15(17)21-9-8-20-14(16)7-6-12-4-3-5-13(10-12)22(18)19/h3-5,10H,1,6-9H2,2H3/p+1. The van der Waals surface area contributed by atoms with E-state index in [0.717, 1.165) is 5.56 Å². The van der Waals surface area contributed by atoms with Crippen LogP contribution in [0.4, 0.5) is 0 Å². The summed E-state index contributed by atoms with van der Waals surface area (Å²) in [6.45, 7) is 4.93. The van der Waals surface area contributed by atoms with E-state index in [-0.39, 0.29) is 25.2 Å². The average Bonchev–Trinajstić information content (AvgIpc) is 2.49. The Kier molecular flexibility index (Phi) is 7.43. The smallest absolute Gasteiger partial charge is 0.462 e. The van der Waals surface area contributed by atoms with Gasteiger partial charge in [-0.2, -0.15) is 4.89 Å². The third kappa shape index (κ3) is 6.61. The van der Waals surface area contributed by atoms with Crippen LogP contribution in [0.25, 0.3) is 0 Å². The molecule has 0 aliphatic rings. The molecule has 1 N–H and O–H groups in total. The van der Waals surface area contributed by atoms with E-state index in [2.05, 4.69) is 6.58 Å². The van der Waals surface area contributed by atoms with Gasteiger partial charge in [0.15, 0.2) is 0 Å². The van der Waals surface area contributed by atoms with Crippen LogP contribution >= 0.6 is 8.03 Å². The third-order valence-corrected chi connectivity index (χ3v) is 3.40. The first-order valence-corrected chi connectivity index (χ1v) is 7.84. The van der Waals surface area contributed by atoms with E-state index in [0.29, 0.717) is 11.7 Å². The molecule has 0 bridgehead atoms. The number of ether oxygens (including phenoxy) is 2. The van der Waals surface area contributed by atoms with E-state index >= 15 is 0 Å². The monoisotopic (exact) mass is 325 g/mol. The molecule has 22 heavy (non-hydrogen) atoms. The minimum Gasteiger partial charge on any atom is -0.462 e. The molecule has 0 saturated carbocycles. The van der Waals surface area contributed by atoms with Crippen LogP contribution in [0.15, 0.2) is 36.4 Å².